The average Bonchev–Trinajstić information content (AvgIpc) is 3.11. The second-order valence-electron chi connectivity index (χ2n) is 7.34. The van der Waals surface area contributed by atoms with Crippen LogP contribution in [0.4, 0.5) is 5.82 Å². The number of methoxy groups -OCH3 is 2. The van der Waals surface area contributed by atoms with E-state index in [0.717, 1.165) is 42.7 Å². The lowest BCUT2D eigenvalue weighted by molar-refractivity contribution is -0.111. The Labute approximate surface area is 180 Å². The summed E-state index contributed by atoms with van der Waals surface area (Å²) in [5.74, 6) is 2.71. The Kier molecular flexibility index (Phi) is 7.36. The van der Waals surface area contributed by atoms with Gasteiger partial charge in [-0.3, -0.25) is 9.20 Å². The van der Waals surface area contributed by atoms with Gasteiger partial charge in [-0.1, -0.05) is 32.0 Å². The van der Waals surface area contributed by atoms with E-state index in [-0.39, 0.29) is 5.12 Å². The van der Waals surface area contributed by atoms with Crippen molar-refractivity contribution in [3.05, 3.63) is 18.0 Å². The smallest absolute Gasteiger partial charge is 0.204 e. The summed E-state index contributed by atoms with van der Waals surface area (Å²) >= 11 is 1.42. The number of nitrogens with zero attached hydrogens (tertiary/aromatic N) is 4. The molecule has 2 aromatic heterocycles. The van der Waals surface area contributed by atoms with E-state index in [1.54, 1.807) is 14.2 Å². The van der Waals surface area contributed by atoms with Crippen molar-refractivity contribution >= 4 is 39.4 Å². The second-order valence-corrected chi connectivity index (χ2v) is 8.97. The van der Waals surface area contributed by atoms with Crippen LogP contribution in [0, 0.1) is 6.92 Å². The number of carbonyl (C=O) groups excluding carboxylic acids is 1. The van der Waals surface area contributed by atoms with Crippen LogP contribution in [0.3, 0.4) is 0 Å². The van der Waals surface area contributed by atoms with Crippen molar-refractivity contribution in [2.24, 2.45) is 0 Å². The van der Waals surface area contributed by atoms with Crippen molar-refractivity contribution in [3.63, 3.8) is 0 Å². The molecule has 1 N–H and O–H groups in total. The molecule has 0 bridgehead atoms. The Morgan fingerprint density at radius 1 is 1.13 bits per heavy atom. The minimum absolute atomic E-state index is 0.277. The van der Waals surface area contributed by atoms with Gasteiger partial charge in [-0.25, -0.2) is 4.98 Å². The molecule has 0 radical (unpaired) electrons. The van der Waals surface area contributed by atoms with Gasteiger partial charge in [0.2, 0.25) is 5.65 Å². The van der Waals surface area contributed by atoms with Crippen LogP contribution in [0.5, 0.6) is 11.5 Å². The van der Waals surface area contributed by atoms with Crippen LogP contribution in [0.25, 0.3) is 16.7 Å². The molecule has 0 fully saturated rings. The van der Waals surface area contributed by atoms with E-state index < -0.39 is 0 Å². The Hall–Kier alpha value is -2.55. The second kappa shape index (κ2) is 9.97. The first-order valence-electron chi connectivity index (χ1n) is 10.2. The van der Waals surface area contributed by atoms with Gasteiger partial charge in [0.05, 0.1) is 25.3 Å². The summed E-state index contributed by atoms with van der Waals surface area (Å²) in [6.07, 6.45) is 3.47. The molecule has 0 atom stereocenters. The van der Waals surface area contributed by atoms with Gasteiger partial charge in [0.15, 0.2) is 22.4 Å². The molecule has 0 saturated heterocycles. The van der Waals surface area contributed by atoms with Gasteiger partial charge in [0.1, 0.15) is 5.82 Å². The fourth-order valence-electron chi connectivity index (χ4n) is 3.32. The van der Waals surface area contributed by atoms with Crippen LogP contribution in [0.2, 0.25) is 0 Å². The van der Waals surface area contributed by atoms with Crippen LogP contribution >= 0.6 is 11.8 Å². The molecule has 9 heteroatoms. The van der Waals surface area contributed by atoms with E-state index >= 15 is 0 Å². The summed E-state index contributed by atoms with van der Waals surface area (Å²) in [7, 11) is 3.22. The van der Waals surface area contributed by atoms with Gasteiger partial charge < -0.3 is 14.8 Å². The molecule has 3 aromatic rings. The van der Waals surface area contributed by atoms with Crippen LogP contribution in [-0.2, 0) is 4.79 Å². The summed E-state index contributed by atoms with van der Waals surface area (Å²) in [5.41, 5.74) is 2.30. The summed E-state index contributed by atoms with van der Waals surface area (Å²) in [5, 5.41) is 12.5. The molecule has 0 amide bonds. The maximum absolute atomic E-state index is 11.8. The minimum Gasteiger partial charge on any atom is -0.493 e. The number of aryl methyl sites for hydroxylation is 1. The number of ether oxygens (including phenoxy) is 2. The molecular formula is C21H29N5O3S. The summed E-state index contributed by atoms with van der Waals surface area (Å²) in [6, 6.07) is 3.75. The quantitative estimate of drug-likeness (QED) is 0.477. The third kappa shape index (κ3) is 4.95. The lowest BCUT2D eigenvalue weighted by Gasteiger charge is -2.13. The van der Waals surface area contributed by atoms with Crippen LogP contribution in [0.15, 0.2) is 12.1 Å². The largest absolute Gasteiger partial charge is 0.493 e. The molecule has 2 heterocycles. The number of carbonyl (C=O) groups is 1. The first-order valence-corrected chi connectivity index (χ1v) is 11.0. The summed E-state index contributed by atoms with van der Waals surface area (Å²) in [6.45, 7) is 6.74. The Morgan fingerprint density at radius 3 is 2.57 bits per heavy atom. The van der Waals surface area contributed by atoms with Crippen LogP contribution < -0.4 is 14.8 Å². The Morgan fingerprint density at radius 2 is 1.87 bits per heavy atom. The lowest BCUT2D eigenvalue weighted by Crippen LogP contribution is -2.07. The van der Waals surface area contributed by atoms with Crippen LogP contribution in [-0.4, -0.2) is 50.7 Å². The lowest BCUT2D eigenvalue weighted by atomic mass is 10.2. The van der Waals surface area contributed by atoms with Crippen molar-refractivity contribution in [1.29, 1.82) is 0 Å². The van der Waals surface area contributed by atoms with Gasteiger partial charge in [-0.2, -0.15) is 0 Å². The summed E-state index contributed by atoms with van der Waals surface area (Å²) < 4.78 is 12.8. The minimum atomic E-state index is 0.277. The van der Waals surface area contributed by atoms with Crippen molar-refractivity contribution in [2.75, 3.05) is 26.1 Å². The third-order valence-electron chi connectivity index (χ3n) is 4.71. The number of benzene rings is 1. The topological polar surface area (TPSA) is 90.6 Å². The first-order chi connectivity index (χ1) is 14.4. The highest BCUT2D eigenvalue weighted by atomic mass is 32.2. The zero-order valence-corrected chi connectivity index (χ0v) is 19.0. The number of nitrogens with one attached hydrogen (secondary N) is 1. The highest BCUT2D eigenvalue weighted by Crippen LogP contribution is 2.33. The molecule has 162 valence electrons. The van der Waals surface area contributed by atoms with Gasteiger partial charge in [0, 0.05) is 30.3 Å². The predicted molar refractivity (Wildman–Crippen MR) is 121 cm³/mol. The molecule has 3 rings (SSSR count). The molecule has 0 spiro atoms. The summed E-state index contributed by atoms with van der Waals surface area (Å²) in [4.78, 5) is 16.5. The number of rotatable bonds is 10. The van der Waals surface area contributed by atoms with E-state index in [4.69, 9.17) is 14.5 Å². The predicted octanol–water partition coefficient (Wildman–Crippen LogP) is 4.24. The van der Waals surface area contributed by atoms with Crippen molar-refractivity contribution < 1.29 is 14.3 Å². The number of anilines is 1. The Balaban J connectivity index is 1.72. The number of hydrogen-bond acceptors (Lipinski definition) is 8. The monoisotopic (exact) mass is 431 g/mol. The normalized spacial score (nSPS) is 11.4. The van der Waals surface area contributed by atoms with Crippen molar-refractivity contribution in [2.45, 2.75) is 51.7 Å². The van der Waals surface area contributed by atoms with Crippen molar-refractivity contribution in [1.82, 2.24) is 19.6 Å². The van der Waals surface area contributed by atoms with Crippen LogP contribution in [0.1, 0.15) is 45.4 Å². The number of fused-ring (bicyclic) bond motifs is 3. The van der Waals surface area contributed by atoms with Gasteiger partial charge >= 0.3 is 0 Å². The molecule has 0 saturated carbocycles. The Bertz CT molecular complexity index is 1030. The van der Waals surface area contributed by atoms with E-state index in [1.807, 2.05) is 37.3 Å². The molecule has 0 aliphatic rings. The SMILES string of the molecule is COc1cc2nc(NCCCCCC(=O)SC(C)C)c3nnc(C)n3c2cc1OC. The van der Waals surface area contributed by atoms with E-state index in [1.165, 1.54) is 11.8 Å². The molecule has 30 heavy (non-hydrogen) atoms. The fraction of sp³-hybridized carbons (Fsp3) is 0.524. The standard InChI is InChI=1S/C21H29N5O3S/c1-13(2)30-19(27)9-7-6-8-10-22-20-21-25-24-14(3)26(21)16-12-18(29-5)17(28-4)11-15(16)23-20/h11-13H,6-10H2,1-5H3,(H,22,23). The third-order valence-corrected chi connectivity index (χ3v) is 5.65. The molecule has 0 aliphatic carbocycles. The van der Waals surface area contributed by atoms with Gasteiger partial charge in [0.25, 0.3) is 0 Å². The fourth-order valence-corrected chi connectivity index (χ4v) is 4.11. The maximum atomic E-state index is 11.8. The molecule has 8 nitrogen and oxygen atoms in total. The molecule has 1 aromatic carbocycles. The number of hydrogen-bond donors (Lipinski definition) is 1. The zero-order chi connectivity index (χ0) is 21.7. The highest BCUT2D eigenvalue weighted by Gasteiger charge is 2.16. The highest BCUT2D eigenvalue weighted by molar-refractivity contribution is 8.14. The number of thioether (sulfide) groups is 1. The average molecular weight is 432 g/mol. The maximum Gasteiger partial charge on any atom is 0.204 e. The zero-order valence-electron chi connectivity index (χ0n) is 18.2. The van der Waals surface area contributed by atoms with E-state index in [0.29, 0.717) is 34.6 Å². The van der Waals surface area contributed by atoms with E-state index in [9.17, 15) is 4.79 Å². The molecule has 0 aliphatic heterocycles. The van der Waals surface area contributed by atoms with Gasteiger partial charge in [-0.05, 0) is 19.8 Å². The molecule has 0 unspecified atom stereocenters. The number of unbranched alkanes of at least 4 members (excludes halogenated alkanes) is 2. The van der Waals surface area contributed by atoms with E-state index in [2.05, 4.69) is 15.5 Å². The molecular weight excluding hydrogens is 402 g/mol. The number of aromatic nitrogens is 4. The first kappa shape index (κ1) is 22.1. The van der Waals surface area contributed by atoms with Crippen molar-refractivity contribution in [3.8, 4) is 11.5 Å². The van der Waals surface area contributed by atoms with Gasteiger partial charge in [-0.15, -0.1) is 10.2 Å².